The number of hydrogen-bond acceptors (Lipinski definition) is 4. The standard InChI is InChI=1S/C20H30N2O3/c1-21(20(23)10-14-25-19-5-3-2-4-6-19)18-7-11-22(12-8-18)15-17-9-13-24-16-17/h2-6,17-18H,7-16H2,1H3/t17-/m1/s1. The minimum atomic E-state index is 0.179. The van der Waals surface area contributed by atoms with E-state index in [0.29, 0.717) is 25.0 Å². The predicted octanol–water partition coefficient (Wildman–Crippen LogP) is 2.41. The zero-order chi connectivity index (χ0) is 17.5. The van der Waals surface area contributed by atoms with E-state index in [9.17, 15) is 4.79 Å². The highest BCUT2D eigenvalue weighted by Gasteiger charge is 2.27. The Kier molecular flexibility index (Phi) is 6.70. The highest BCUT2D eigenvalue weighted by Crippen LogP contribution is 2.20. The number of rotatable bonds is 7. The number of likely N-dealkylation sites (tertiary alicyclic amines) is 1. The van der Waals surface area contributed by atoms with Gasteiger partial charge in [-0.2, -0.15) is 0 Å². The summed E-state index contributed by atoms with van der Waals surface area (Å²) >= 11 is 0. The molecule has 1 aromatic rings. The van der Waals surface area contributed by atoms with E-state index in [-0.39, 0.29) is 5.91 Å². The van der Waals surface area contributed by atoms with E-state index in [1.54, 1.807) is 0 Å². The first kappa shape index (κ1) is 18.2. The molecule has 1 aromatic carbocycles. The molecule has 0 unspecified atom stereocenters. The van der Waals surface area contributed by atoms with Crippen molar-refractivity contribution >= 4 is 5.91 Å². The van der Waals surface area contributed by atoms with Gasteiger partial charge in [-0.3, -0.25) is 4.79 Å². The average Bonchev–Trinajstić information content (AvgIpc) is 3.15. The minimum Gasteiger partial charge on any atom is -0.493 e. The number of para-hydroxylation sites is 1. The molecule has 3 rings (SSSR count). The van der Waals surface area contributed by atoms with Gasteiger partial charge in [0.25, 0.3) is 0 Å². The van der Waals surface area contributed by atoms with Crippen LogP contribution in [0.2, 0.25) is 0 Å². The molecule has 1 atom stereocenters. The molecule has 138 valence electrons. The minimum absolute atomic E-state index is 0.179. The van der Waals surface area contributed by atoms with E-state index in [2.05, 4.69) is 4.90 Å². The zero-order valence-electron chi connectivity index (χ0n) is 15.2. The third-order valence-corrected chi connectivity index (χ3v) is 5.37. The monoisotopic (exact) mass is 346 g/mol. The lowest BCUT2D eigenvalue weighted by Crippen LogP contribution is -2.46. The summed E-state index contributed by atoms with van der Waals surface area (Å²) in [6.07, 6.45) is 3.76. The summed E-state index contributed by atoms with van der Waals surface area (Å²) in [7, 11) is 1.94. The summed E-state index contributed by atoms with van der Waals surface area (Å²) < 4.78 is 11.1. The highest BCUT2D eigenvalue weighted by atomic mass is 16.5. The lowest BCUT2D eigenvalue weighted by atomic mass is 10.0. The molecule has 2 saturated heterocycles. The first-order valence-electron chi connectivity index (χ1n) is 9.46. The van der Waals surface area contributed by atoms with E-state index >= 15 is 0 Å². The van der Waals surface area contributed by atoms with Gasteiger partial charge in [-0.25, -0.2) is 0 Å². The van der Waals surface area contributed by atoms with Crippen molar-refractivity contribution in [2.75, 3.05) is 46.5 Å². The number of carbonyl (C=O) groups excluding carboxylic acids is 1. The number of nitrogens with zero attached hydrogens (tertiary/aromatic N) is 2. The molecular weight excluding hydrogens is 316 g/mol. The summed E-state index contributed by atoms with van der Waals surface area (Å²) in [6.45, 7) is 5.59. The number of amides is 1. The molecule has 0 bridgehead atoms. The fraction of sp³-hybridized carbons (Fsp3) is 0.650. The second-order valence-electron chi connectivity index (χ2n) is 7.18. The molecule has 25 heavy (non-hydrogen) atoms. The van der Waals surface area contributed by atoms with E-state index in [4.69, 9.17) is 9.47 Å². The van der Waals surface area contributed by atoms with Crippen LogP contribution in [0, 0.1) is 5.92 Å². The maximum Gasteiger partial charge on any atom is 0.225 e. The lowest BCUT2D eigenvalue weighted by Gasteiger charge is -2.37. The van der Waals surface area contributed by atoms with Gasteiger partial charge in [0.15, 0.2) is 0 Å². The summed E-state index contributed by atoms with van der Waals surface area (Å²) in [6, 6.07) is 10.0. The molecule has 5 nitrogen and oxygen atoms in total. The Morgan fingerprint density at radius 3 is 2.68 bits per heavy atom. The van der Waals surface area contributed by atoms with E-state index < -0.39 is 0 Å². The molecule has 2 heterocycles. The maximum absolute atomic E-state index is 12.4. The molecule has 0 radical (unpaired) electrons. The van der Waals surface area contributed by atoms with E-state index in [1.807, 2.05) is 42.3 Å². The van der Waals surface area contributed by atoms with Gasteiger partial charge in [0.05, 0.1) is 19.6 Å². The van der Waals surface area contributed by atoms with Crippen molar-refractivity contribution in [1.29, 1.82) is 0 Å². The number of piperidine rings is 1. The summed E-state index contributed by atoms with van der Waals surface area (Å²) in [5.74, 6) is 1.70. The average molecular weight is 346 g/mol. The van der Waals surface area contributed by atoms with E-state index in [0.717, 1.165) is 51.4 Å². The quantitative estimate of drug-likeness (QED) is 0.760. The smallest absolute Gasteiger partial charge is 0.225 e. The Labute approximate surface area is 150 Å². The summed E-state index contributed by atoms with van der Waals surface area (Å²) in [4.78, 5) is 16.9. The third kappa shape index (κ3) is 5.44. The second-order valence-corrected chi connectivity index (χ2v) is 7.18. The fourth-order valence-corrected chi connectivity index (χ4v) is 3.73. The van der Waals surface area contributed by atoms with Crippen LogP contribution in [0.4, 0.5) is 0 Å². The van der Waals surface area contributed by atoms with Gasteiger partial charge in [0.2, 0.25) is 5.91 Å². The molecule has 0 aliphatic carbocycles. The van der Waals surface area contributed by atoms with Crippen LogP contribution in [-0.2, 0) is 9.53 Å². The van der Waals surface area contributed by atoms with Crippen LogP contribution < -0.4 is 4.74 Å². The van der Waals surface area contributed by atoms with Crippen molar-refractivity contribution in [2.45, 2.75) is 31.7 Å². The molecule has 2 aliphatic rings. The maximum atomic E-state index is 12.4. The third-order valence-electron chi connectivity index (χ3n) is 5.37. The first-order chi connectivity index (χ1) is 12.2. The number of benzene rings is 1. The molecule has 5 heteroatoms. The van der Waals surface area contributed by atoms with Gasteiger partial charge in [-0.05, 0) is 37.3 Å². The number of carbonyl (C=O) groups is 1. The molecular formula is C20H30N2O3. The summed E-state index contributed by atoms with van der Waals surface area (Å²) in [5.41, 5.74) is 0. The van der Waals surface area contributed by atoms with Crippen LogP contribution in [0.1, 0.15) is 25.7 Å². The van der Waals surface area contributed by atoms with Gasteiger partial charge in [-0.15, -0.1) is 0 Å². The zero-order valence-corrected chi connectivity index (χ0v) is 15.2. The lowest BCUT2D eigenvalue weighted by molar-refractivity contribution is -0.133. The predicted molar refractivity (Wildman–Crippen MR) is 97.7 cm³/mol. The molecule has 0 spiro atoms. The van der Waals surface area contributed by atoms with Crippen molar-refractivity contribution in [3.63, 3.8) is 0 Å². The van der Waals surface area contributed by atoms with Crippen LogP contribution in [0.25, 0.3) is 0 Å². The molecule has 0 aromatic heterocycles. The Balaban J connectivity index is 1.35. The largest absolute Gasteiger partial charge is 0.493 e. The van der Waals surface area contributed by atoms with Crippen LogP contribution in [0.3, 0.4) is 0 Å². The second kappa shape index (κ2) is 9.20. The number of ether oxygens (including phenoxy) is 2. The van der Waals surface area contributed by atoms with Crippen molar-refractivity contribution in [3.8, 4) is 5.75 Å². The normalized spacial score (nSPS) is 22.0. The highest BCUT2D eigenvalue weighted by molar-refractivity contribution is 5.76. The van der Waals surface area contributed by atoms with E-state index in [1.165, 1.54) is 6.42 Å². The fourth-order valence-electron chi connectivity index (χ4n) is 3.73. The van der Waals surface area contributed by atoms with Gasteiger partial charge < -0.3 is 19.3 Å². The van der Waals surface area contributed by atoms with Crippen LogP contribution in [0.15, 0.2) is 30.3 Å². The van der Waals surface area contributed by atoms with Gasteiger partial charge in [0.1, 0.15) is 5.75 Å². The SMILES string of the molecule is CN(C(=O)CCOc1ccccc1)C1CCN(C[C@H]2CCOC2)CC1. The Morgan fingerprint density at radius 2 is 2.00 bits per heavy atom. The molecule has 2 aliphatic heterocycles. The van der Waals surface area contributed by atoms with Crippen molar-refractivity contribution in [2.24, 2.45) is 5.92 Å². The van der Waals surface area contributed by atoms with Crippen molar-refractivity contribution in [3.05, 3.63) is 30.3 Å². The topological polar surface area (TPSA) is 42.0 Å². The Hall–Kier alpha value is -1.59. The Bertz CT molecular complexity index is 523. The molecule has 0 N–H and O–H groups in total. The van der Waals surface area contributed by atoms with Crippen LogP contribution in [-0.4, -0.2) is 68.3 Å². The van der Waals surface area contributed by atoms with Gasteiger partial charge in [0, 0.05) is 39.3 Å². The van der Waals surface area contributed by atoms with Gasteiger partial charge >= 0.3 is 0 Å². The summed E-state index contributed by atoms with van der Waals surface area (Å²) in [5, 5.41) is 0. The molecule has 0 saturated carbocycles. The Morgan fingerprint density at radius 1 is 1.24 bits per heavy atom. The number of hydrogen-bond donors (Lipinski definition) is 0. The van der Waals surface area contributed by atoms with Crippen molar-refractivity contribution < 1.29 is 14.3 Å². The van der Waals surface area contributed by atoms with Crippen molar-refractivity contribution in [1.82, 2.24) is 9.80 Å². The first-order valence-corrected chi connectivity index (χ1v) is 9.46. The molecule has 1 amide bonds. The molecule has 2 fully saturated rings. The van der Waals surface area contributed by atoms with Crippen LogP contribution >= 0.6 is 0 Å². The van der Waals surface area contributed by atoms with Crippen LogP contribution in [0.5, 0.6) is 5.75 Å². The van der Waals surface area contributed by atoms with Gasteiger partial charge in [-0.1, -0.05) is 18.2 Å².